The predicted octanol–water partition coefficient (Wildman–Crippen LogP) is 10.9. The second kappa shape index (κ2) is 8.72. The van der Waals surface area contributed by atoms with Gasteiger partial charge in [-0.1, -0.05) is 127 Å². The first-order valence-electron chi connectivity index (χ1n) is 18.8. The molecule has 0 aliphatic heterocycles. The van der Waals surface area contributed by atoms with Crippen LogP contribution in [0.3, 0.4) is 0 Å². The molecule has 0 radical (unpaired) electrons. The lowest BCUT2D eigenvalue weighted by Crippen LogP contribution is -1.91. The fraction of sp³-hybridized carbons (Fsp3) is 0. The monoisotopic (exact) mass is 509 g/mol. The van der Waals surface area contributed by atoms with Crippen molar-refractivity contribution in [1.29, 1.82) is 0 Å². The number of furan rings is 1. The van der Waals surface area contributed by atoms with Gasteiger partial charge in [0.1, 0.15) is 5.58 Å². The van der Waals surface area contributed by atoms with Crippen molar-refractivity contribution in [3.63, 3.8) is 0 Å². The summed E-state index contributed by atoms with van der Waals surface area (Å²) in [5.41, 5.74) is 1.95. The molecule has 8 aromatic rings. The first-order chi connectivity index (χ1) is 24.8. The molecule has 1 heteroatoms. The van der Waals surface area contributed by atoms with E-state index in [1.807, 2.05) is 48.5 Å². The fourth-order valence-corrected chi connectivity index (χ4v) is 5.38. The Morgan fingerprint density at radius 3 is 1.87 bits per heavy atom. The average Bonchev–Trinajstić information content (AvgIpc) is 3.59. The van der Waals surface area contributed by atoms with Crippen molar-refractivity contribution in [2.45, 2.75) is 0 Å². The Morgan fingerprint density at radius 1 is 0.462 bits per heavy atom. The maximum atomic E-state index is 9.26. The maximum absolute atomic E-state index is 9.26. The third-order valence-electron chi connectivity index (χ3n) is 7.07. The fourth-order valence-electron chi connectivity index (χ4n) is 5.38. The minimum atomic E-state index is -0.712. The van der Waals surface area contributed by atoms with Crippen LogP contribution in [0.5, 0.6) is 0 Å². The lowest BCUT2D eigenvalue weighted by atomic mass is 9.84. The summed E-state index contributed by atoms with van der Waals surface area (Å²) in [6.45, 7) is 0. The third kappa shape index (κ3) is 3.41. The lowest BCUT2D eigenvalue weighted by molar-refractivity contribution is 0.617. The van der Waals surface area contributed by atoms with E-state index >= 15 is 0 Å². The van der Waals surface area contributed by atoms with Crippen molar-refractivity contribution in [3.05, 3.63) is 145 Å². The quantitative estimate of drug-likeness (QED) is 0.216. The highest BCUT2D eigenvalue weighted by atomic mass is 16.3. The summed E-state index contributed by atoms with van der Waals surface area (Å²) in [7, 11) is 0. The standard InChI is InChI=1S/C38H24O/c1-2-11-26(12-3-1)37-29-15-4-6-17-31(29)38(32-18-7-5-16-30(32)37)33-19-10-13-25-21-22-27(23-34(25)33)35-24-39-36-20-9-8-14-28(35)36/h1-24H/i1D,2D,3D,4D,5D,6D,7D,11D,12D,15D,16D,17D,18D. The summed E-state index contributed by atoms with van der Waals surface area (Å²) in [5, 5.41) is 1.45. The number of hydrogen-bond acceptors (Lipinski definition) is 1. The van der Waals surface area contributed by atoms with Gasteiger partial charge in [-0.25, -0.2) is 0 Å². The molecule has 0 bridgehead atoms. The van der Waals surface area contributed by atoms with Crippen LogP contribution in [0.2, 0.25) is 0 Å². The Bertz CT molecular complexity index is 2780. The van der Waals surface area contributed by atoms with E-state index in [1.54, 1.807) is 18.4 Å². The molecule has 1 nitrogen and oxygen atoms in total. The van der Waals surface area contributed by atoms with E-state index in [0.29, 0.717) is 16.5 Å². The minimum Gasteiger partial charge on any atom is -0.464 e. The molecule has 0 amide bonds. The van der Waals surface area contributed by atoms with Crippen LogP contribution in [0.15, 0.2) is 150 Å². The summed E-state index contributed by atoms with van der Waals surface area (Å²) in [4.78, 5) is 0. The number of benzene rings is 7. The molecule has 0 atom stereocenters. The van der Waals surface area contributed by atoms with Crippen molar-refractivity contribution in [3.8, 4) is 33.4 Å². The summed E-state index contributed by atoms with van der Waals surface area (Å²) < 4.78 is 120. The Hall–Kier alpha value is -5.14. The van der Waals surface area contributed by atoms with Crippen LogP contribution in [-0.4, -0.2) is 0 Å². The molecule has 0 saturated heterocycles. The molecule has 0 spiro atoms. The Balaban J connectivity index is 1.66. The smallest absolute Gasteiger partial charge is 0.134 e. The lowest BCUT2D eigenvalue weighted by Gasteiger charge is -2.19. The summed E-state index contributed by atoms with van der Waals surface area (Å²) in [6, 6.07) is 10.2. The Morgan fingerprint density at radius 2 is 1.13 bits per heavy atom. The molecule has 0 saturated carbocycles. The van der Waals surface area contributed by atoms with Gasteiger partial charge in [0.2, 0.25) is 0 Å². The zero-order chi connectivity index (χ0) is 37.1. The van der Waals surface area contributed by atoms with Gasteiger partial charge in [-0.15, -0.1) is 0 Å². The van der Waals surface area contributed by atoms with E-state index in [2.05, 4.69) is 0 Å². The summed E-state index contributed by atoms with van der Waals surface area (Å²) >= 11 is 0. The first kappa shape index (κ1) is 12.6. The minimum absolute atomic E-state index is 0.0833. The molecule has 39 heavy (non-hydrogen) atoms. The van der Waals surface area contributed by atoms with E-state index in [9.17, 15) is 5.48 Å². The number of para-hydroxylation sites is 1. The molecular formula is C38H24O. The molecule has 8 rings (SSSR count). The van der Waals surface area contributed by atoms with Crippen molar-refractivity contribution >= 4 is 43.3 Å². The summed E-state index contributed by atoms with van der Waals surface area (Å²) in [5.74, 6) is 0. The molecule has 1 heterocycles. The van der Waals surface area contributed by atoms with E-state index in [4.69, 9.17) is 16.8 Å². The van der Waals surface area contributed by atoms with Crippen LogP contribution >= 0.6 is 0 Å². The number of hydrogen-bond donors (Lipinski definition) is 0. The van der Waals surface area contributed by atoms with Gasteiger partial charge >= 0.3 is 0 Å². The maximum Gasteiger partial charge on any atom is 0.134 e. The third-order valence-corrected chi connectivity index (χ3v) is 7.07. The Kier molecular flexibility index (Phi) is 2.82. The molecule has 182 valence electrons. The topological polar surface area (TPSA) is 13.1 Å². The number of rotatable bonds is 3. The molecule has 7 aromatic carbocycles. The van der Waals surface area contributed by atoms with E-state index < -0.39 is 84.1 Å². The normalized spacial score (nSPS) is 16.3. The van der Waals surface area contributed by atoms with E-state index in [0.717, 1.165) is 21.9 Å². The van der Waals surface area contributed by atoms with Crippen molar-refractivity contribution in [2.24, 2.45) is 0 Å². The van der Waals surface area contributed by atoms with Crippen LogP contribution in [0.4, 0.5) is 0 Å². The predicted molar refractivity (Wildman–Crippen MR) is 165 cm³/mol. The van der Waals surface area contributed by atoms with E-state index in [-0.39, 0.29) is 32.7 Å². The average molecular weight is 510 g/mol. The zero-order valence-electron chi connectivity index (χ0n) is 33.3. The van der Waals surface area contributed by atoms with E-state index in [1.165, 1.54) is 0 Å². The van der Waals surface area contributed by atoms with Gasteiger partial charge in [0.25, 0.3) is 0 Å². The zero-order valence-corrected chi connectivity index (χ0v) is 20.3. The van der Waals surface area contributed by atoms with Gasteiger partial charge < -0.3 is 4.42 Å². The molecule has 0 fully saturated rings. The Labute approximate surface area is 244 Å². The first-order valence-corrected chi connectivity index (χ1v) is 12.3. The highest BCUT2D eigenvalue weighted by Crippen LogP contribution is 2.45. The molecule has 0 unspecified atom stereocenters. The number of fused-ring (bicyclic) bond motifs is 4. The van der Waals surface area contributed by atoms with Gasteiger partial charge in [-0.05, 0) is 72.3 Å². The SMILES string of the molecule is [2H]c1c([2H])c([2H])c(-c2c3c([2H])c([2H])c([2H])c([2H])c3c(-c3cccc4ccc(-c5coc6ccccc56)cc34)c3c([2H])c([2H])c([2H])c([2H])c23)c([2H])c1[2H]. The second-order valence-corrected chi connectivity index (χ2v) is 9.14. The summed E-state index contributed by atoms with van der Waals surface area (Å²) in [6.07, 6.45) is 1.64. The van der Waals surface area contributed by atoms with Crippen LogP contribution in [0.1, 0.15) is 17.8 Å². The highest BCUT2D eigenvalue weighted by Gasteiger charge is 2.18. The van der Waals surface area contributed by atoms with Crippen LogP contribution < -0.4 is 0 Å². The second-order valence-electron chi connectivity index (χ2n) is 9.14. The largest absolute Gasteiger partial charge is 0.464 e. The highest BCUT2D eigenvalue weighted by molar-refractivity contribution is 6.23. The molecule has 1 aromatic heterocycles. The van der Waals surface area contributed by atoms with Gasteiger partial charge in [-0.2, -0.15) is 0 Å². The molecular weight excluding hydrogens is 472 g/mol. The van der Waals surface area contributed by atoms with Crippen molar-refractivity contribution in [2.75, 3.05) is 0 Å². The van der Waals surface area contributed by atoms with Crippen molar-refractivity contribution < 1.29 is 22.2 Å². The van der Waals surface area contributed by atoms with Gasteiger partial charge in [0, 0.05) is 10.9 Å². The molecule has 0 N–H and O–H groups in total. The van der Waals surface area contributed by atoms with Gasteiger partial charge in [0.05, 0.1) is 24.1 Å². The van der Waals surface area contributed by atoms with Crippen LogP contribution in [0, 0.1) is 0 Å². The van der Waals surface area contributed by atoms with Crippen molar-refractivity contribution in [1.82, 2.24) is 0 Å². The molecule has 0 aliphatic carbocycles. The molecule has 0 aliphatic rings. The van der Waals surface area contributed by atoms with Gasteiger partial charge in [0.15, 0.2) is 0 Å². The van der Waals surface area contributed by atoms with Gasteiger partial charge in [-0.3, -0.25) is 0 Å². The van der Waals surface area contributed by atoms with Crippen LogP contribution in [0.25, 0.3) is 76.7 Å². The van der Waals surface area contributed by atoms with Crippen LogP contribution in [-0.2, 0) is 0 Å².